The van der Waals surface area contributed by atoms with Crippen LogP contribution in [0, 0.1) is 20.8 Å². The van der Waals surface area contributed by atoms with Crippen molar-refractivity contribution in [3.8, 4) is 0 Å². The topological polar surface area (TPSA) is 12.0 Å². The Balaban J connectivity index is 2.03. The quantitative estimate of drug-likeness (QED) is 0.850. The fourth-order valence-electron chi connectivity index (χ4n) is 3.36. The van der Waals surface area contributed by atoms with Crippen LogP contribution in [-0.4, -0.2) is 6.54 Å². The van der Waals surface area contributed by atoms with Gasteiger partial charge in [0.05, 0.1) is 6.04 Å². The van der Waals surface area contributed by atoms with E-state index in [2.05, 4.69) is 51.2 Å². The maximum Gasteiger partial charge on any atom is 0.0673 e. The van der Waals surface area contributed by atoms with Gasteiger partial charge in [-0.25, -0.2) is 0 Å². The Morgan fingerprint density at radius 2 is 1.81 bits per heavy atom. The van der Waals surface area contributed by atoms with Gasteiger partial charge < -0.3 is 5.32 Å². The first-order valence-electron chi connectivity index (χ1n) is 8.02. The average Bonchev–Trinajstić information content (AvgIpc) is 3.01. The van der Waals surface area contributed by atoms with Gasteiger partial charge in [0, 0.05) is 9.75 Å². The summed E-state index contributed by atoms with van der Waals surface area (Å²) in [7, 11) is 0. The molecule has 1 nitrogen and oxygen atoms in total. The van der Waals surface area contributed by atoms with E-state index in [9.17, 15) is 0 Å². The molecule has 0 spiro atoms. The lowest BCUT2D eigenvalue weighted by Gasteiger charge is -2.21. The average molecular weight is 299 g/mol. The molecule has 0 saturated heterocycles. The van der Waals surface area contributed by atoms with Gasteiger partial charge >= 0.3 is 0 Å². The minimum absolute atomic E-state index is 0.352. The Hall–Kier alpha value is -1.12. The predicted octanol–water partition coefficient (Wildman–Crippen LogP) is 4.86. The smallest absolute Gasteiger partial charge is 0.0673 e. The lowest BCUT2D eigenvalue weighted by Crippen LogP contribution is -2.22. The molecule has 1 aromatic heterocycles. The van der Waals surface area contributed by atoms with E-state index in [4.69, 9.17) is 0 Å². The summed E-state index contributed by atoms with van der Waals surface area (Å²) >= 11 is 2.02. The van der Waals surface area contributed by atoms with Gasteiger partial charge in [-0.15, -0.1) is 11.3 Å². The minimum Gasteiger partial charge on any atom is -0.306 e. The largest absolute Gasteiger partial charge is 0.306 e. The fourth-order valence-corrected chi connectivity index (χ4v) is 4.71. The van der Waals surface area contributed by atoms with Crippen molar-refractivity contribution in [2.45, 2.75) is 53.0 Å². The molecule has 0 radical (unpaired) electrons. The molecule has 0 aliphatic heterocycles. The SMILES string of the molecule is CCNC(c1cc2c(s1)CCC2)c1cc(C)c(C)cc1C. The Morgan fingerprint density at radius 3 is 2.52 bits per heavy atom. The third-order valence-electron chi connectivity index (χ3n) is 4.65. The first-order valence-corrected chi connectivity index (χ1v) is 8.84. The van der Waals surface area contributed by atoms with E-state index in [-0.39, 0.29) is 0 Å². The van der Waals surface area contributed by atoms with E-state index in [1.807, 2.05) is 11.3 Å². The summed E-state index contributed by atoms with van der Waals surface area (Å²) in [5, 5.41) is 3.70. The van der Waals surface area contributed by atoms with Gasteiger partial charge in [0.25, 0.3) is 0 Å². The third kappa shape index (κ3) is 2.79. The zero-order valence-electron chi connectivity index (χ0n) is 13.5. The van der Waals surface area contributed by atoms with Gasteiger partial charge in [0.2, 0.25) is 0 Å². The van der Waals surface area contributed by atoms with E-state index in [0.717, 1.165) is 6.54 Å². The van der Waals surface area contributed by atoms with Crippen LogP contribution in [0.25, 0.3) is 0 Å². The molecule has 112 valence electrons. The standard InChI is InChI=1S/C19H25NS/c1-5-20-19(16-10-13(3)12(2)9-14(16)4)18-11-15-7-6-8-17(15)21-18/h9-11,19-20H,5-8H2,1-4H3. The number of hydrogen-bond donors (Lipinski definition) is 1. The maximum absolute atomic E-state index is 3.70. The number of hydrogen-bond acceptors (Lipinski definition) is 2. The van der Waals surface area contributed by atoms with Gasteiger partial charge in [-0.2, -0.15) is 0 Å². The van der Waals surface area contributed by atoms with Gasteiger partial charge in [-0.05, 0) is 80.5 Å². The summed E-state index contributed by atoms with van der Waals surface area (Å²) in [6.07, 6.45) is 3.90. The lowest BCUT2D eigenvalue weighted by atomic mass is 9.94. The molecule has 1 aromatic carbocycles. The fraction of sp³-hybridized carbons (Fsp3) is 0.474. The van der Waals surface area contributed by atoms with Crippen molar-refractivity contribution in [2.75, 3.05) is 6.54 Å². The first kappa shape index (κ1) is 14.8. The molecule has 0 amide bonds. The maximum atomic E-state index is 3.70. The van der Waals surface area contributed by atoms with Crippen LogP contribution >= 0.6 is 11.3 Å². The summed E-state index contributed by atoms with van der Waals surface area (Å²) in [6, 6.07) is 7.51. The van der Waals surface area contributed by atoms with E-state index >= 15 is 0 Å². The summed E-state index contributed by atoms with van der Waals surface area (Å²) < 4.78 is 0. The minimum atomic E-state index is 0.352. The molecule has 0 fully saturated rings. The van der Waals surface area contributed by atoms with Crippen molar-refractivity contribution in [3.05, 3.63) is 55.8 Å². The van der Waals surface area contributed by atoms with E-state index in [1.165, 1.54) is 46.4 Å². The van der Waals surface area contributed by atoms with Crippen LogP contribution in [0.4, 0.5) is 0 Å². The van der Waals surface area contributed by atoms with E-state index in [0.29, 0.717) is 6.04 Å². The molecule has 1 unspecified atom stereocenters. The zero-order chi connectivity index (χ0) is 15.0. The monoisotopic (exact) mass is 299 g/mol. The molecule has 1 aliphatic carbocycles. The number of aryl methyl sites for hydroxylation is 5. The second-order valence-electron chi connectivity index (χ2n) is 6.23. The lowest BCUT2D eigenvalue weighted by molar-refractivity contribution is 0.635. The van der Waals surface area contributed by atoms with Gasteiger partial charge in [-0.3, -0.25) is 0 Å². The van der Waals surface area contributed by atoms with Crippen LogP contribution in [0.1, 0.15) is 57.0 Å². The normalized spacial score (nSPS) is 15.2. The molecule has 1 N–H and O–H groups in total. The number of nitrogens with one attached hydrogen (secondary N) is 1. The van der Waals surface area contributed by atoms with Crippen LogP contribution in [0.5, 0.6) is 0 Å². The van der Waals surface area contributed by atoms with Crippen molar-refractivity contribution >= 4 is 11.3 Å². The number of benzene rings is 1. The number of thiophene rings is 1. The highest BCUT2D eigenvalue weighted by molar-refractivity contribution is 7.12. The summed E-state index contributed by atoms with van der Waals surface area (Å²) in [4.78, 5) is 3.11. The van der Waals surface area contributed by atoms with E-state index < -0.39 is 0 Å². The van der Waals surface area contributed by atoms with Crippen molar-refractivity contribution in [1.29, 1.82) is 0 Å². The van der Waals surface area contributed by atoms with Crippen molar-refractivity contribution in [2.24, 2.45) is 0 Å². The van der Waals surface area contributed by atoms with Gasteiger partial charge in [0.15, 0.2) is 0 Å². The van der Waals surface area contributed by atoms with Gasteiger partial charge in [0.1, 0.15) is 0 Å². The molecule has 0 bridgehead atoms. The highest BCUT2D eigenvalue weighted by Crippen LogP contribution is 2.37. The Bertz CT molecular complexity index is 632. The Morgan fingerprint density at radius 1 is 1.05 bits per heavy atom. The van der Waals surface area contributed by atoms with Crippen molar-refractivity contribution < 1.29 is 0 Å². The molecule has 21 heavy (non-hydrogen) atoms. The first-order chi connectivity index (χ1) is 10.1. The zero-order valence-corrected chi connectivity index (χ0v) is 14.4. The molecular weight excluding hydrogens is 274 g/mol. The summed E-state index contributed by atoms with van der Waals surface area (Å²) in [6.45, 7) is 9.86. The molecule has 3 rings (SSSR count). The molecule has 0 saturated carbocycles. The summed E-state index contributed by atoms with van der Waals surface area (Å²) in [5.41, 5.74) is 7.22. The van der Waals surface area contributed by atoms with Crippen LogP contribution in [0.3, 0.4) is 0 Å². The van der Waals surface area contributed by atoms with Gasteiger partial charge in [-0.1, -0.05) is 19.1 Å². The van der Waals surface area contributed by atoms with Crippen molar-refractivity contribution in [1.82, 2.24) is 5.32 Å². The molecular formula is C19H25NS. The molecule has 1 heterocycles. The molecule has 2 heteroatoms. The van der Waals surface area contributed by atoms with Crippen LogP contribution in [-0.2, 0) is 12.8 Å². The van der Waals surface area contributed by atoms with E-state index in [1.54, 1.807) is 10.4 Å². The predicted molar refractivity (Wildman–Crippen MR) is 92.5 cm³/mol. The highest BCUT2D eigenvalue weighted by Gasteiger charge is 2.22. The molecule has 1 aliphatic rings. The second kappa shape index (κ2) is 5.94. The Kier molecular flexibility index (Phi) is 4.19. The number of fused-ring (bicyclic) bond motifs is 1. The highest BCUT2D eigenvalue weighted by atomic mass is 32.1. The van der Waals surface area contributed by atoms with Crippen LogP contribution in [0.15, 0.2) is 18.2 Å². The Labute approximate surface area is 132 Å². The summed E-state index contributed by atoms with van der Waals surface area (Å²) in [5.74, 6) is 0. The third-order valence-corrected chi connectivity index (χ3v) is 5.95. The number of rotatable bonds is 4. The molecule has 2 aromatic rings. The van der Waals surface area contributed by atoms with Crippen LogP contribution < -0.4 is 5.32 Å². The van der Waals surface area contributed by atoms with Crippen LogP contribution in [0.2, 0.25) is 0 Å². The molecule has 1 atom stereocenters. The van der Waals surface area contributed by atoms with Crippen molar-refractivity contribution in [3.63, 3.8) is 0 Å². The second-order valence-corrected chi connectivity index (χ2v) is 7.40.